The molecule has 0 heterocycles. The fourth-order valence-electron chi connectivity index (χ4n) is 1.53. The number of hydrogen-bond acceptors (Lipinski definition) is 2. The summed E-state index contributed by atoms with van der Waals surface area (Å²) in [6.07, 6.45) is 7.18. The molecule has 1 atom stereocenters. The Kier molecular flexibility index (Phi) is 2.37. The summed E-state index contributed by atoms with van der Waals surface area (Å²) in [5.74, 6) is 0. The van der Waals surface area contributed by atoms with E-state index in [1.807, 2.05) is 30.3 Å². The quantitative estimate of drug-likeness (QED) is 0.658. The smallest absolute Gasteiger partial charge is 0.0314 e. The molecule has 0 saturated carbocycles. The van der Waals surface area contributed by atoms with Crippen LogP contribution in [0.3, 0.4) is 0 Å². The van der Waals surface area contributed by atoms with Gasteiger partial charge in [-0.25, -0.2) is 0 Å². The lowest BCUT2D eigenvalue weighted by atomic mass is 9.97. The Morgan fingerprint density at radius 3 is 2.43 bits per heavy atom. The van der Waals surface area contributed by atoms with Crippen LogP contribution in [0.15, 0.2) is 42.5 Å². The first kappa shape index (κ1) is 9.03. The first-order chi connectivity index (χ1) is 6.75. The van der Waals surface area contributed by atoms with Crippen molar-refractivity contribution in [3.05, 3.63) is 48.1 Å². The van der Waals surface area contributed by atoms with Gasteiger partial charge in [0, 0.05) is 11.7 Å². The van der Waals surface area contributed by atoms with Gasteiger partial charge in [-0.2, -0.15) is 0 Å². The second-order valence-corrected chi connectivity index (χ2v) is 3.54. The van der Waals surface area contributed by atoms with E-state index in [1.54, 1.807) is 0 Å². The molecule has 0 aromatic heterocycles. The van der Waals surface area contributed by atoms with Crippen LogP contribution in [-0.2, 0) is 0 Å². The van der Waals surface area contributed by atoms with E-state index in [0.717, 1.165) is 12.1 Å². The summed E-state index contributed by atoms with van der Waals surface area (Å²) < 4.78 is 0. The lowest BCUT2D eigenvalue weighted by Crippen LogP contribution is -2.17. The van der Waals surface area contributed by atoms with Crippen LogP contribution >= 0.6 is 0 Å². The Hall–Kier alpha value is -1.54. The van der Waals surface area contributed by atoms with Crippen LogP contribution in [-0.4, -0.2) is 6.04 Å². The highest BCUT2D eigenvalue weighted by atomic mass is 14.6. The normalized spacial score (nSPS) is 20.6. The van der Waals surface area contributed by atoms with Crippen molar-refractivity contribution < 1.29 is 0 Å². The molecule has 14 heavy (non-hydrogen) atoms. The van der Waals surface area contributed by atoms with Crippen molar-refractivity contribution in [2.75, 3.05) is 5.73 Å². The molecule has 1 aliphatic rings. The standard InChI is InChI=1S/C12H14N2/c13-11-5-1-9(2-6-11)10-3-7-12(14)8-4-10/h1-7,12H,8,13-14H2. The maximum Gasteiger partial charge on any atom is 0.0314 e. The maximum absolute atomic E-state index is 5.75. The highest BCUT2D eigenvalue weighted by molar-refractivity contribution is 5.75. The van der Waals surface area contributed by atoms with Crippen molar-refractivity contribution in [2.45, 2.75) is 12.5 Å². The molecule has 1 aromatic carbocycles. The molecule has 0 aliphatic heterocycles. The van der Waals surface area contributed by atoms with E-state index in [1.165, 1.54) is 11.1 Å². The van der Waals surface area contributed by atoms with Gasteiger partial charge in [0.05, 0.1) is 0 Å². The zero-order valence-electron chi connectivity index (χ0n) is 7.98. The Morgan fingerprint density at radius 1 is 1.14 bits per heavy atom. The summed E-state index contributed by atoms with van der Waals surface area (Å²) in [5, 5.41) is 0. The van der Waals surface area contributed by atoms with Gasteiger partial charge in [-0.15, -0.1) is 0 Å². The average Bonchev–Trinajstić information content (AvgIpc) is 2.21. The van der Waals surface area contributed by atoms with E-state index in [4.69, 9.17) is 11.5 Å². The largest absolute Gasteiger partial charge is 0.399 e. The zero-order valence-corrected chi connectivity index (χ0v) is 7.98. The summed E-state index contributed by atoms with van der Waals surface area (Å²) in [5.41, 5.74) is 14.6. The van der Waals surface area contributed by atoms with Gasteiger partial charge < -0.3 is 11.5 Å². The summed E-state index contributed by atoms with van der Waals surface area (Å²) in [6.45, 7) is 0. The van der Waals surface area contributed by atoms with Crippen LogP contribution in [0.5, 0.6) is 0 Å². The Bertz CT molecular complexity index is 374. The topological polar surface area (TPSA) is 52.0 Å². The van der Waals surface area contributed by atoms with Crippen LogP contribution in [0.2, 0.25) is 0 Å². The van der Waals surface area contributed by atoms with Gasteiger partial charge in [0.1, 0.15) is 0 Å². The lowest BCUT2D eigenvalue weighted by molar-refractivity contribution is 0.828. The minimum absolute atomic E-state index is 0.174. The van der Waals surface area contributed by atoms with E-state index >= 15 is 0 Å². The summed E-state index contributed by atoms with van der Waals surface area (Å²) >= 11 is 0. The molecule has 1 aliphatic carbocycles. The van der Waals surface area contributed by atoms with Crippen LogP contribution < -0.4 is 11.5 Å². The lowest BCUT2D eigenvalue weighted by Gasteiger charge is -2.11. The van der Waals surface area contributed by atoms with Crippen molar-refractivity contribution in [3.8, 4) is 0 Å². The summed E-state index contributed by atoms with van der Waals surface area (Å²) in [4.78, 5) is 0. The second-order valence-electron chi connectivity index (χ2n) is 3.54. The van der Waals surface area contributed by atoms with Gasteiger partial charge in [-0.1, -0.05) is 30.4 Å². The molecule has 0 amide bonds. The van der Waals surface area contributed by atoms with Gasteiger partial charge in [0.15, 0.2) is 0 Å². The predicted octanol–water partition coefficient (Wildman–Crippen LogP) is 1.94. The third-order valence-electron chi connectivity index (χ3n) is 2.38. The molecule has 1 unspecified atom stereocenters. The SMILES string of the molecule is Nc1ccc(C2=CCC(N)C=C2)cc1. The van der Waals surface area contributed by atoms with Gasteiger partial charge >= 0.3 is 0 Å². The Balaban J connectivity index is 2.24. The number of allylic oxidation sites excluding steroid dienone is 2. The second kappa shape index (κ2) is 3.68. The Labute approximate surface area is 83.9 Å². The molecule has 4 N–H and O–H groups in total. The van der Waals surface area contributed by atoms with E-state index in [-0.39, 0.29) is 6.04 Å². The average molecular weight is 186 g/mol. The predicted molar refractivity (Wildman–Crippen MR) is 60.6 cm³/mol. The van der Waals surface area contributed by atoms with Crippen molar-refractivity contribution in [2.24, 2.45) is 5.73 Å². The van der Waals surface area contributed by atoms with Crippen molar-refractivity contribution in [3.63, 3.8) is 0 Å². The van der Waals surface area contributed by atoms with E-state index in [0.29, 0.717) is 0 Å². The summed E-state index contributed by atoms with van der Waals surface area (Å²) in [6, 6.07) is 8.06. The number of nitrogen functional groups attached to an aromatic ring is 1. The zero-order chi connectivity index (χ0) is 9.97. The third kappa shape index (κ3) is 1.86. The fourth-order valence-corrected chi connectivity index (χ4v) is 1.53. The van der Waals surface area contributed by atoms with Crippen LogP contribution in [0.25, 0.3) is 5.57 Å². The van der Waals surface area contributed by atoms with Gasteiger partial charge in [0.25, 0.3) is 0 Å². The summed E-state index contributed by atoms with van der Waals surface area (Å²) in [7, 11) is 0. The molecule has 1 aromatic rings. The van der Waals surface area contributed by atoms with Gasteiger partial charge in [0.2, 0.25) is 0 Å². The molecule has 2 heteroatoms. The molecule has 2 nitrogen and oxygen atoms in total. The number of rotatable bonds is 1. The van der Waals surface area contributed by atoms with E-state index in [2.05, 4.69) is 12.2 Å². The number of nitrogens with two attached hydrogens (primary N) is 2. The van der Waals surface area contributed by atoms with Crippen LogP contribution in [0, 0.1) is 0 Å². The third-order valence-corrected chi connectivity index (χ3v) is 2.38. The maximum atomic E-state index is 5.75. The monoisotopic (exact) mass is 186 g/mol. The van der Waals surface area contributed by atoms with Gasteiger partial charge in [-0.3, -0.25) is 0 Å². The first-order valence-corrected chi connectivity index (χ1v) is 4.75. The van der Waals surface area contributed by atoms with Gasteiger partial charge in [-0.05, 0) is 29.7 Å². The number of anilines is 1. The molecular formula is C12H14N2. The Morgan fingerprint density at radius 2 is 1.86 bits per heavy atom. The van der Waals surface area contributed by atoms with Crippen molar-refractivity contribution in [1.82, 2.24) is 0 Å². The van der Waals surface area contributed by atoms with Crippen molar-refractivity contribution >= 4 is 11.3 Å². The van der Waals surface area contributed by atoms with Crippen LogP contribution in [0.4, 0.5) is 5.69 Å². The molecule has 0 saturated heterocycles. The number of hydrogen-bond donors (Lipinski definition) is 2. The van der Waals surface area contributed by atoms with Crippen molar-refractivity contribution in [1.29, 1.82) is 0 Å². The highest BCUT2D eigenvalue weighted by Crippen LogP contribution is 2.21. The first-order valence-electron chi connectivity index (χ1n) is 4.75. The molecule has 0 radical (unpaired) electrons. The highest BCUT2D eigenvalue weighted by Gasteiger charge is 2.04. The van der Waals surface area contributed by atoms with E-state index < -0.39 is 0 Å². The molecule has 2 rings (SSSR count). The molecule has 0 bridgehead atoms. The van der Waals surface area contributed by atoms with E-state index in [9.17, 15) is 0 Å². The molecular weight excluding hydrogens is 172 g/mol. The van der Waals surface area contributed by atoms with Crippen LogP contribution in [0.1, 0.15) is 12.0 Å². The minimum Gasteiger partial charge on any atom is -0.399 e. The minimum atomic E-state index is 0.174. The number of benzene rings is 1. The molecule has 0 fully saturated rings. The molecule has 0 spiro atoms. The molecule has 72 valence electrons. The fraction of sp³-hybridized carbons (Fsp3) is 0.167.